The summed E-state index contributed by atoms with van der Waals surface area (Å²) in [4.78, 5) is 44.2. The molecule has 0 bridgehead atoms. The Hall–Kier alpha value is -2.42. The van der Waals surface area contributed by atoms with Crippen LogP contribution in [-0.2, 0) is 23.9 Å². The highest BCUT2D eigenvalue weighted by molar-refractivity contribution is 5.95. The van der Waals surface area contributed by atoms with Gasteiger partial charge in [-0.25, -0.2) is 9.59 Å². The molecule has 2 atom stereocenters. The van der Waals surface area contributed by atoms with E-state index >= 15 is 0 Å². The molecule has 9 heteroatoms. The van der Waals surface area contributed by atoms with Gasteiger partial charge < -0.3 is 26.2 Å². The number of carbonyl (C=O) groups excluding carboxylic acids is 3. The molecule has 20 heavy (non-hydrogen) atoms. The summed E-state index contributed by atoms with van der Waals surface area (Å²) in [6.07, 6.45) is 1.77. The third-order valence-corrected chi connectivity index (χ3v) is 2.08. The average Bonchev–Trinajstić information content (AvgIpc) is 2.39. The topological polar surface area (TPSA) is 148 Å². The lowest BCUT2D eigenvalue weighted by Crippen LogP contribution is -2.52. The molecule has 0 unspecified atom stereocenters. The number of carboxylic acids is 1. The minimum Gasteiger partial charge on any atom is -0.480 e. The quantitative estimate of drug-likeness (QED) is 0.305. The first kappa shape index (κ1) is 17.6. The predicted octanol–water partition coefficient (Wildman–Crippen LogP) is -2.25. The number of methoxy groups -OCH3 is 1. The van der Waals surface area contributed by atoms with Crippen LogP contribution in [0.5, 0.6) is 0 Å². The lowest BCUT2D eigenvalue weighted by molar-refractivity contribution is -0.142. The van der Waals surface area contributed by atoms with E-state index in [1.165, 1.54) is 6.92 Å². The van der Waals surface area contributed by atoms with Crippen molar-refractivity contribution in [3.63, 3.8) is 0 Å². The molecule has 112 valence electrons. The molecule has 0 rings (SSSR count). The van der Waals surface area contributed by atoms with Crippen molar-refractivity contribution >= 4 is 23.8 Å². The molecule has 0 aliphatic heterocycles. The van der Waals surface area contributed by atoms with Crippen molar-refractivity contribution < 1.29 is 29.0 Å². The summed E-state index contributed by atoms with van der Waals surface area (Å²) in [5.74, 6) is -3.40. The van der Waals surface area contributed by atoms with Crippen molar-refractivity contribution in [2.75, 3.05) is 13.7 Å². The summed E-state index contributed by atoms with van der Waals surface area (Å²) >= 11 is 0. The molecule has 0 aromatic heterocycles. The number of amides is 2. The summed E-state index contributed by atoms with van der Waals surface area (Å²) in [5, 5.41) is 13.2. The Bertz CT molecular complexity index is 418. The van der Waals surface area contributed by atoms with Gasteiger partial charge in [0.2, 0.25) is 11.8 Å². The Morgan fingerprint density at radius 3 is 2.35 bits per heavy atom. The number of hydrogen-bond acceptors (Lipinski definition) is 6. The number of rotatable bonds is 7. The fourth-order valence-corrected chi connectivity index (χ4v) is 0.977. The minimum atomic E-state index is -1.32. The summed E-state index contributed by atoms with van der Waals surface area (Å²) in [7, 11) is 1.15. The molecule has 2 amide bonds. The van der Waals surface area contributed by atoms with Gasteiger partial charge in [-0.1, -0.05) is 0 Å². The number of nitrogens with two attached hydrogens (primary N) is 1. The maximum absolute atomic E-state index is 11.3. The third kappa shape index (κ3) is 7.11. The molecule has 0 aliphatic rings. The van der Waals surface area contributed by atoms with E-state index in [2.05, 4.69) is 15.4 Å². The van der Waals surface area contributed by atoms with Crippen LogP contribution < -0.4 is 16.4 Å². The van der Waals surface area contributed by atoms with Gasteiger partial charge in [-0.15, -0.1) is 0 Å². The number of carboxylic acid groups (broad SMARTS) is 1. The van der Waals surface area contributed by atoms with Crippen LogP contribution in [0.4, 0.5) is 0 Å². The average molecular weight is 287 g/mol. The molecule has 0 aromatic carbocycles. The zero-order valence-corrected chi connectivity index (χ0v) is 11.1. The van der Waals surface area contributed by atoms with Crippen LogP contribution in [0.3, 0.4) is 0 Å². The Morgan fingerprint density at radius 1 is 1.30 bits per heavy atom. The van der Waals surface area contributed by atoms with Crippen molar-refractivity contribution in [2.24, 2.45) is 5.73 Å². The van der Waals surface area contributed by atoms with Crippen LogP contribution in [0.25, 0.3) is 0 Å². The molecule has 0 radical (unpaired) electrons. The zero-order chi connectivity index (χ0) is 15.7. The van der Waals surface area contributed by atoms with E-state index in [9.17, 15) is 19.2 Å². The summed E-state index contributed by atoms with van der Waals surface area (Å²) in [6.45, 7) is 1.05. The van der Waals surface area contributed by atoms with E-state index in [4.69, 9.17) is 10.8 Å². The first-order chi connectivity index (χ1) is 9.27. The second-order valence-corrected chi connectivity index (χ2v) is 3.79. The van der Waals surface area contributed by atoms with E-state index in [1.807, 2.05) is 0 Å². The smallest absolute Gasteiger partial charge is 0.330 e. The van der Waals surface area contributed by atoms with Gasteiger partial charge >= 0.3 is 11.9 Å². The number of ether oxygens (including phenoxy) is 1. The molecule has 5 N–H and O–H groups in total. The van der Waals surface area contributed by atoms with Crippen LogP contribution in [0.2, 0.25) is 0 Å². The Kier molecular flexibility index (Phi) is 7.60. The Labute approximate surface area is 115 Å². The highest BCUT2D eigenvalue weighted by atomic mass is 16.5. The van der Waals surface area contributed by atoms with Crippen molar-refractivity contribution in [1.82, 2.24) is 10.6 Å². The van der Waals surface area contributed by atoms with Gasteiger partial charge in [-0.2, -0.15) is 0 Å². The Morgan fingerprint density at radius 2 is 1.90 bits per heavy atom. The molecule has 0 aliphatic carbocycles. The van der Waals surface area contributed by atoms with Crippen LogP contribution in [-0.4, -0.2) is 54.6 Å². The normalized spacial score (nSPS) is 13.3. The van der Waals surface area contributed by atoms with Crippen molar-refractivity contribution in [3.05, 3.63) is 12.2 Å². The van der Waals surface area contributed by atoms with Gasteiger partial charge in [-0.3, -0.25) is 9.59 Å². The van der Waals surface area contributed by atoms with E-state index < -0.39 is 35.8 Å². The molecule has 0 heterocycles. The van der Waals surface area contributed by atoms with Gasteiger partial charge in [0.05, 0.1) is 13.2 Å². The number of aliphatic carboxylic acids is 1. The van der Waals surface area contributed by atoms with Crippen molar-refractivity contribution in [2.45, 2.75) is 19.0 Å². The fourth-order valence-electron chi connectivity index (χ4n) is 0.977. The van der Waals surface area contributed by atoms with Gasteiger partial charge in [0.15, 0.2) is 0 Å². The van der Waals surface area contributed by atoms with Crippen LogP contribution in [0.1, 0.15) is 6.92 Å². The molecular weight excluding hydrogens is 270 g/mol. The molecule has 9 nitrogen and oxygen atoms in total. The maximum Gasteiger partial charge on any atom is 0.330 e. The number of esters is 1. The van der Waals surface area contributed by atoms with Crippen molar-refractivity contribution in [1.29, 1.82) is 0 Å². The molecule has 0 fully saturated rings. The SMILES string of the molecule is COC(=O)/C=C\C(=O)NC[C@H](NC(=O)[C@H](C)N)C(=O)O. The van der Waals surface area contributed by atoms with Gasteiger partial charge in [0.1, 0.15) is 6.04 Å². The lowest BCUT2D eigenvalue weighted by atomic mass is 10.2. The maximum atomic E-state index is 11.3. The summed E-state index contributed by atoms with van der Waals surface area (Å²) in [6, 6.07) is -2.18. The fraction of sp³-hybridized carbons (Fsp3) is 0.455. The lowest BCUT2D eigenvalue weighted by Gasteiger charge is -2.16. The zero-order valence-electron chi connectivity index (χ0n) is 11.1. The van der Waals surface area contributed by atoms with Crippen LogP contribution in [0.15, 0.2) is 12.2 Å². The molecule has 0 aromatic rings. The number of carbonyl (C=O) groups is 4. The Balaban J connectivity index is 4.38. The van der Waals surface area contributed by atoms with E-state index in [0.29, 0.717) is 0 Å². The standard InChI is InChI=1S/C11H17N3O6/c1-6(12)10(17)14-7(11(18)19)5-13-8(15)3-4-9(16)20-2/h3-4,6-7H,5,12H2,1-2H3,(H,13,15)(H,14,17)(H,18,19)/b4-3-/t6-,7-/m0/s1. The monoisotopic (exact) mass is 287 g/mol. The minimum absolute atomic E-state index is 0.349. The van der Waals surface area contributed by atoms with Crippen LogP contribution >= 0.6 is 0 Å². The van der Waals surface area contributed by atoms with Crippen LogP contribution in [0, 0.1) is 0 Å². The molecule has 0 saturated carbocycles. The third-order valence-electron chi connectivity index (χ3n) is 2.08. The van der Waals surface area contributed by atoms with E-state index in [1.54, 1.807) is 0 Å². The first-order valence-electron chi connectivity index (χ1n) is 5.60. The van der Waals surface area contributed by atoms with Crippen molar-refractivity contribution in [3.8, 4) is 0 Å². The first-order valence-corrected chi connectivity index (χ1v) is 5.60. The van der Waals surface area contributed by atoms with Gasteiger partial charge in [0, 0.05) is 18.7 Å². The van der Waals surface area contributed by atoms with Gasteiger partial charge in [0.25, 0.3) is 0 Å². The molecule has 0 saturated heterocycles. The van der Waals surface area contributed by atoms with E-state index in [0.717, 1.165) is 19.3 Å². The molecule has 0 spiro atoms. The largest absolute Gasteiger partial charge is 0.480 e. The highest BCUT2D eigenvalue weighted by Crippen LogP contribution is 1.87. The van der Waals surface area contributed by atoms with Gasteiger partial charge in [-0.05, 0) is 6.92 Å². The summed E-state index contributed by atoms with van der Waals surface area (Å²) in [5.41, 5.74) is 5.28. The van der Waals surface area contributed by atoms with E-state index in [-0.39, 0.29) is 6.54 Å². The molecular formula is C11H17N3O6. The number of nitrogens with one attached hydrogen (secondary N) is 2. The highest BCUT2D eigenvalue weighted by Gasteiger charge is 2.21. The second kappa shape index (κ2) is 8.64. The predicted molar refractivity (Wildman–Crippen MR) is 67.4 cm³/mol. The summed E-state index contributed by atoms with van der Waals surface area (Å²) < 4.78 is 4.27. The number of hydrogen-bond donors (Lipinski definition) is 4. The second-order valence-electron chi connectivity index (χ2n) is 3.79.